The average Bonchev–Trinajstić information content (AvgIpc) is 3.24. The predicted octanol–water partition coefficient (Wildman–Crippen LogP) is 3.27. The van der Waals surface area contributed by atoms with E-state index >= 15 is 0 Å². The number of aromatic hydroxyl groups is 1. The number of carboxylic acids is 1. The van der Waals surface area contributed by atoms with Crippen molar-refractivity contribution < 1.29 is 29.3 Å². The molecule has 2 aliphatic rings. The van der Waals surface area contributed by atoms with Gasteiger partial charge in [-0.2, -0.15) is 0 Å². The number of halogens is 1. The third kappa shape index (κ3) is 3.76. The number of hydrogen-bond donors (Lipinski definition) is 3. The van der Waals surface area contributed by atoms with Gasteiger partial charge < -0.3 is 14.9 Å². The molecular weight excluding hydrogens is 504 g/mol. The number of carboxylic acid groups (broad SMARTS) is 1. The number of phenolic OH excluding ortho intramolecular Hbond substituents is 1. The maximum Gasteiger partial charge on any atom is 0.325 e. The zero-order valence-corrected chi connectivity index (χ0v) is 20.9. The van der Waals surface area contributed by atoms with Crippen LogP contribution in [0, 0.1) is 11.8 Å². The van der Waals surface area contributed by atoms with Crippen LogP contribution in [0.3, 0.4) is 0 Å². The monoisotopic (exact) mass is 530 g/mol. The molecule has 3 N–H and O–H groups in total. The SMILES string of the molecule is COc1ccc(Br)cc1C1NC(Cc2ccc(O)cc2)(C(=O)O)C2C(=O)N(C(C)(C)C)C(=O)C12. The summed E-state index contributed by atoms with van der Waals surface area (Å²) in [6, 6.07) is 10.7. The highest BCUT2D eigenvalue weighted by Crippen LogP contribution is 2.52. The molecule has 4 unspecified atom stereocenters. The summed E-state index contributed by atoms with van der Waals surface area (Å²) in [6.07, 6.45) is -0.0480. The van der Waals surface area contributed by atoms with E-state index < -0.39 is 46.7 Å². The molecule has 0 aliphatic carbocycles. The predicted molar refractivity (Wildman–Crippen MR) is 127 cm³/mol. The largest absolute Gasteiger partial charge is 0.508 e. The summed E-state index contributed by atoms with van der Waals surface area (Å²) in [5, 5.41) is 23.4. The van der Waals surface area contributed by atoms with Gasteiger partial charge in [0.1, 0.15) is 17.0 Å². The highest BCUT2D eigenvalue weighted by Gasteiger charge is 2.69. The van der Waals surface area contributed by atoms with Gasteiger partial charge in [-0.05, 0) is 56.7 Å². The number of amides is 2. The number of rotatable bonds is 5. The van der Waals surface area contributed by atoms with E-state index in [-0.39, 0.29) is 12.2 Å². The smallest absolute Gasteiger partial charge is 0.325 e. The minimum absolute atomic E-state index is 0.0480. The minimum Gasteiger partial charge on any atom is -0.508 e. The number of hydrogen-bond acceptors (Lipinski definition) is 6. The summed E-state index contributed by atoms with van der Waals surface area (Å²) in [5.74, 6) is -3.65. The molecule has 0 aromatic heterocycles. The number of fused-ring (bicyclic) bond motifs is 1. The van der Waals surface area contributed by atoms with Crippen LogP contribution in [0.1, 0.15) is 37.9 Å². The van der Waals surface area contributed by atoms with Gasteiger partial charge >= 0.3 is 5.97 Å². The van der Waals surface area contributed by atoms with Crippen LogP contribution >= 0.6 is 15.9 Å². The number of imide groups is 1. The van der Waals surface area contributed by atoms with Crippen molar-refractivity contribution in [3.05, 3.63) is 58.1 Å². The Morgan fingerprint density at radius 2 is 1.79 bits per heavy atom. The standard InChI is InChI=1S/C25H27BrN2O6/c1-24(2,3)28-21(30)18-19(22(28)31)25(23(32)33,12-13-5-8-15(29)9-6-13)27-20(18)16-11-14(26)7-10-17(16)34-4/h5-11,18-20,27,29H,12H2,1-4H3,(H,32,33). The molecule has 2 aromatic carbocycles. The Bertz CT molecular complexity index is 1160. The van der Waals surface area contributed by atoms with Gasteiger partial charge in [0.25, 0.3) is 0 Å². The third-order valence-corrected chi connectivity index (χ3v) is 7.15. The second-order valence-electron chi connectivity index (χ2n) is 9.81. The van der Waals surface area contributed by atoms with Crippen LogP contribution < -0.4 is 10.1 Å². The topological polar surface area (TPSA) is 116 Å². The van der Waals surface area contributed by atoms with E-state index in [4.69, 9.17) is 4.74 Å². The second kappa shape index (κ2) is 8.39. The molecule has 2 heterocycles. The number of ether oxygens (including phenoxy) is 1. The third-order valence-electron chi connectivity index (χ3n) is 6.65. The lowest BCUT2D eigenvalue weighted by Gasteiger charge is -2.35. The fraction of sp³-hybridized carbons (Fsp3) is 0.400. The zero-order valence-electron chi connectivity index (χ0n) is 19.3. The molecule has 0 saturated carbocycles. The first-order valence-electron chi connectivity index (χ1n) is 10.9. The highest BCUT2D eigenvalue weighted by molar-refractivity contribution is 9.10. The van der Waals surface area contributed by atoms with Gasteiger partial charge in [-0.15, -0.1) is 0 Å². The zero-order chi connectivity index (χ0) is 25.0. The summed E-state index contributed by atoms with van der Waals surface area (Å²) in [5.41, 5.74) is -1.35. The lowest BCUT2D eigenvalue weighted by atomic mass is 9.76. The molecule has 0 radical (unpaired) electrons. The van der Waals surface area contributed by atoms with Crippen molar-refractivity contribution in [1.82, 2.24) is 10.2 Å². The van der Waals surface area contributed by atoms with Crippen molar-refractivity contribution in [3.63, 3.8) is 0 Å². The number of methoxy groups -OCH3 is 1. The van der Waals surface area contributed by atoms with Gasteiger partial charge in [0.2, 0.25) is 11.8 Å². The minimum atomic E-state index is -1.74. The van der Waals surface area contributed by atoms with E-state index in [2.05, 4.69) is 21.2 Å². The molecule has 2 saturated heterocycles. The van der Waals surface area contributed by atoms with Gasteiger partial charge in [-0.3, -0.25) is 24.6 Å². The summed E-state index contributed by atoms with van der Waals surface area (Å²) in [4.78, 5) is 41.5. The Morgan fingerprint density at radius 3 is 2.35 bits per heavy atom. The summed E-state index contributed by atoms with van der Waals surface area (Å²) >= 11 is 3.45. The van der Waals surface area contributed by atoms with Gasteiger partial charge in [-0.1, -0.05) is 28.1 Å². The molecular formula is C25H27BrN2O6. The number of benzene rings is 2. The van der Waals surface area contributed by atoms with Gasteiger partial charge in [0, 0.05) is 28.0 Å². The van der Waals surface area contributed by atoms with Crippen LogP contribution in [0.2, 0.25) is 0 Å². The molecule has 2 aromatic rings. The highest BCUT2D eigenvalue weighted by atomic mass is 79.9. The molecule has 0 spiro atoms. The van der Waals surface area contributed by atoms with Crippen molar-refractivity contribution >= 4 is 33.7 Å². The number of carbonyl (C=O) groups is 3. The average molecular weight is 531 g/mol. The van der Waals surface area contributed by atoms with Crippen LogP contribution in [0.5, 0.6) is 11.5 Å². The van der Waals surface area contributed by atoms with Gasteiger partial charge in [-0.25, -0.2) is 0 Å². The molecule has 2 aliphatic heterocycles. The first-order chi connectivity index (χ1) is 15.9. The van der Waals surface area contributed by atoms with Crippen molar-refractivity contribution in [2.24, 2.45) is 11.8 Å². The Kier molecular flexibility index (Phi) is 5.98. The van der Waals surface area contributed by atoms with Crippen LogP contribution in [0.4, 0.5) is 0 Å². The van der Waals surface area contributed by atoms with Crippen LogP contribution in [-0.4, -0.2) is 51.1 Å². The number of nitrogens with zero attached hydrogens (tertiary/aromatic N) is 1. The molecule has 34 heavy (non-hydrogen) atoms. The van der Waals surface area contributed by atoms with Crippen molar-refractivity contribution in [3.8, 4) is 11.5 Å². The first kappa shape index (κ1) is 24.2. The van der Waals surface area contributed by atoms with Crippen molar-refractivity contribution in [2.45, 2.75) is 44.3 Å². The first-order valence-corrected chi connectivity index (χ1v) is 11.7. The lowest BCUT2D eigenvalue weighted by molar-refractivity contribution is -0.153. The summed E-state index contributed by atoms with van der Waals surface area (Å²) < 4.78 is 6.27. The Hall–Kier alpha value is -2.91. The van der Waals surface area contributed by atoms with Crippen LogP contribution in [0.15, 0.2) is 46.9 Å². The van der Waals surface area contributed by atoms with Crippen LogP contribution in [-0.2, 0) is 20.8 Å². The Morgan fingerprint density at radius 1 is 1.15 bits per heavy atom. The molecule has 180 valence electrons. The number of aliphatic carboxylic acids is 1. The molecule has 9 heteroatoms. The number of nitrogens with one attached hydrogen (secondary N) is 1. The maximum absolute atomic E-state index is 13.7. The van der Waals surface area contributed by atoms with Gasteiger partial charge in [0.15, 0.2) is 0 Å². The van der Waals surface area contributed by atoms with E-state index in [0.29, 0.717) is 16.9 Å². The quantitative estimate of drug-likeness (QED) is 0.508. The van der Waals surface area contributed by atoms with Gasteiger partial charge in [0.05, 0.1) is 18.9 Å². The fourth-order valence-corrected chi connectivity index (χ4v) is 5.63. The van der Waals surface area contributed by atoms with E-state index in [1.165, 1.54) is 24.1 Å². The van der Waals surface area contributed by atoms with E-state index in [1.807, 2.05) is 0 Å². The number of likely N-dealkylation sites (tertiary alicyclic amines) is 1. The fourth-order valence-electron chi connectivity index (χ4n) is 5.25. The van der Waals surface area contributed by atoms with E-state index in [9.17, 15) is 24.6 Å². The van der Waals surface area contributed by atoms with E-state index in [0.717, 1.165) is 4.47 Å². The molecule has 4 rings (SSSR count). The van der Waals surface area contributed by atoms with Crippen molar-refractivity contribution in [2.75, 3.05) is 7.11 Å². The summed E-state index contributed by atoms with van der Waals surface area (Å²) in [7, 11) is 1.50. The molecule has 2 amide bonds. The maximum atomic E-state index is 13.7. The molecule has 4 atom stereocenters. The number of phenols is 1. The second-order valence-corrected chi connectivity index (χ2v) is 10.7. The lowest BCUT2D eigenvalue weighted by Crippen LogP contribution is -2.58. The van der Waals surface area contributed by atoms with Crippen molar-refractivity contribution in [1.29, 1.82) is 0 Å². The van der Waals surface area contributed by atoms with Crippen LogP contribution in [0.25, 0.3) is 0 Å². The normalized spacial score (nSPS) is 26.6. The van der Waals surface area contributed by atoms with E-state index in [1.54, 1.807) is 51.1 Å². The molecule has 8 nitrogen and oxygen atoms in total. The molecule has 2 fully saturated rings. The Labute approximate surface area is 206 Å². The Balaban J connectivity index is 1.92. The molecule has 0 bridgehead atoms. The summed E-state index contributed by atoms with van der Waals surface area (Å²) in [6.45, 7) is 5.27. The number of carbonyl (C=O) groups excluding carboxylic acids is 2.